The fraction of sp³-hybridized carbons (Fsp3) is 0.462. The standard InChI is InChI=1S/C13H17FN2O2/c1-8(9-3-2-4-10(14)5-9)16-13(18)12-6-11(17)7-15-12/h2-5,8,11-12,15,17H,6-7H2,1H3,(H,16,18)/t8-,11?,12?/m1/s1. The minimum atomic E-state index is -0.467. The lowest BCUT2D eigenvalue weighted by Gasteiger charge is -2.17. The largest absolute Gasteiger partial charge is 0.392 e. The zero-order valence-electron chi connectivity index (χ0n) is 10.2. The Labute approximate surface area is 105 Å². The molecule has 0 spiro atoms. The summed E-state index contributed by atoms with van der Waals surface area (Å²) in [6.45, 7) is 2.24. The molecule has 0 aliphatic carbocycles. The minimum absolute atomic E-state index is 0.164. The second kappa shape index (κ2) is 5.46. The molecule has 4 nitrogen and oxygen atoms in total. The highest BCUT2D eigenvalue weighted by molar-refractivity contribution is 5.82. The summed E-state index contributed by atoms with van der Waals surface area (Å²) >= 11 is 0. The molecule has 0 aromatic heterocycles. The molecule has 1 amide bonds. The van der Waals surface area contributed by atoms with Crippen molar-refractivity contribution in [2.75, 3.05) is 6.54 Å². The van der Waals surface area contributed by atoms with Crippen LogP contribution in [0.15, 0.2) is 24.3 Å². The van der Waals surface area contributed by atoms with Crippen molar-refractivity contribution in [2.45, 2.75) is 31.5 Å². The Morgan fingerprint density at radius 2 is 2.39 bits per heavy atom. The molecule has 3 N–H and O–H groups in total. The van der Waals surface area contributed by atoms with E-state index in [0.717, 1.165) is 5.56 Å². The van der Waals surface area contributed by atoms with Gasteiger partial charge in [-0.05, 0) is 31.0 Å². The predicted octanol–water partition coefficient (Wildman–Crippen LogP) is 0.726. The van der Waals surface area contributed by atoms with Crippen molar-refractivity contribution < 1.29 is 14.3 Å². The Morgan fingerprint density at radius 1 is 1.61 bits per heavy atom. The molecule has 1 heterocycles. The first-order chi connectivity index (χ1) is 8.56. The second-order valence-corrected chi connectivity index (χ2v) is 4.64. The monoisotopic (exact) mass is 252 g/mol. The molecule has 18 heavy (non-hydrogen) atoms. The number of amides is 1. The Morgan fingerprint density at radius 3 is 3.00 bits per heavy atom. The Kier molecular flexibility index (Phi) is 3.93. The number of rotatable bonds is 3. The average molecular weight is 252 g/mol. The summed E-state index contributed by atoms with van der Waals surface area (Å²) in [5.74, 6) is -0.480. The van der Waals surface area contributed by atoms with Crippen LogP contribution in [0.25, 0.3) is 0 Å². The highest BCUT2D eigenvalue weighted by Crippen LogP contribution is 2.14. The van der Waals surface area contributed by atoms with Gasteiger partial charge in [-0.2, -0.15) is 0 Å². The Hall–Kier alpha value is -1.46. The first kappa shape index (κ1) is 13.0. The normalized spacial score (nSPS) is 24.8. The molecular weight excluding hydrogens is 235 g/mol. The summed E-state index contributed by atoms with van der Waals surface area (Å²) in [6.07, 6.45) is -0.0490. The van der Waals surface area contributed by atoms with Gasteiger partial charge in [0.15, 0.2) is 0 Å². The van der Waals surface area contributed by atoms with Crippen LogP contribution < -0.4 is 10.6 Å². The van der Waals surface area contributed by atoms with Gasteiger partial charge in [-0.15, -0.1) is 0 Å². The summed E-state index contributed by atoms with van der Waals surface area (Å²) in [5.41, 5.74) is 0.724. The summed E-state index contributed by atoms with van der Waals surface area (Å²) in [7, 11) is 0. The number of carbonyl (C=O) groups excluding carboxylic acids is 1. The molecule has 5 heteroatoms. The van der Waals surface area contributed by atoms with Gasteiger partial charge in [0.1, 0.15) is 5.82 Å². The zero-order valence-corrected chi connectivity index (χ0v) is 10.2. The number of hydrogen-bond acceptors (Lipinski definition) is 3. The molecule has 1 aliphatic rings. The maximum atomic E-state index is 13.1. The summed E-state index contributed by atoms with van der Waals surface area (Å²) < 4.78 is 13.1. The van der Waals surface area contributed by atoms with E-state index in [0.29, 0.717) is 13.0 Å². The van der Waals surface area contributed by atoms with Crippen molar-refractivity contribution in [3.05, 3.63) is 35.6 Å². The van der Waals surface area contributed by atoms with Gasteiger partial charge in [0.2, 0.25) is 5.91 Å². The first-order valence-electron chi connectivity index (χ1n) is 6.03. The van der Waals surface area contributed by atoms with E-state index in [2.05, 4.69) is 10.6 Å². The molecule has 1 aromatic carbocycles. The van der Waals surface area contributed by atoms with E-state index in [-0.39, 0.29) is 23.8 Å². The number of aliphatic hydroxyl groups excluding tert-OH is 1. The topological polar surface area (TPSA) is 61.4 Å². The van der Waals surface area contributed by atoms with Gasteiger partial charge < -0.3 is 15.7 Å². The van der Waals surface area contributed by atoms with Crippen molar-refractivity contribution in [3.8, 4) is 0 Å². The van der Waals surface area contributed by atoms with Gasteiger partial charge in [0.25, 0.3) is 0 Å². The maximum absolute atomic E-state index is 13.1. The molecule has 98 valence electrons. The zero-order chi connectivity index (χ0) is 13.1. The molecule has 0 bridgehead atoms. The molecule has 0 saturated carbocycles. The van der Waals surface area contributed by atoms with Crippen molar-refractivity contribution in [1.82, 2.24) is 10.6 Å². The van der Waals surface area contributed by atoms with E-state index in [9.17, 15) is 14.3 Å². The van der Waals surface area contributed by atoms with Crippen molar-refractivity contribution in [2.24, 2.45) is 0 Å². The van der Waals surface area contributed by atoms with E-state index in [1.54, 1.807) is 19.1 Å². The summed E-state index contributed by atoms with van der Waals surface area (Å²) in [4.78, 5) is 11.9. The molecule has 1 aromatic rings. The van der Waals surface area contributed by atoms with Crippen LogP contribution >= 0.6 is 0 Å². The molecule has 0 radical (unpaired) electrons. The predicted molar refractivity (Wildman–Crippen MR) is 65.4 cm³/mol. The highest BCUT2D eigenvalue weighted by atomic mass is 19.1. The van der Waals surface area contributed by atoms with Crippen LogP contribution in [0.4, 0.5) is 4.39 Å². The van der Waals surface area contributed by atoms with Gasteiger partial charge in [0, 0.05) is 6.54 Å². The SMILES string of the molecule is C[C@@H](NC(=O)C1CC(O)CN1)c1cccc(F)c1. The van der Waals surface area contributed by atoms with Gasteiger partial charge in [0.05, 0.1) is 18.2 Å². The van der Waals surface area contributed by atoms with Crippen LogP contribution in [-0.4, -0.2) is 29.7 Å². The lowest BCUT2D eigenvalue weighted by Crippen LogP contribution is -2.41. The number of halogens is 1. The quantitative estimate of drug-likeness (QED) is 0.743. The molecule has 1 fully saturated rings. The van der Waals surface area contributed by atoms with Crippen molar-refractivity contribution in [1.29, 1.82) is 0 Å². The van der Waals surface area contributed by atoms with Crippen LogP contribution in [0.2, 0.25) is 0 Å². The van der Waals surface area contributed by atoms with Crippen LogP contribution in [0.1, 0.15) is 24.9 Å². The lowest BCUT2D eigenvalue weighted by molar-refractivity contribution is -0.123. The number of benzene rings is 1. The summed E-state index contributed by atoms with van der Waals surface area (Å²) in [6, 6.07) is 5.54. The molecule has 1 aliphatic heterocycles. The maximum Gasteiger partial charge on any atom is 0.237 e. The van der Waals surface area contributed by atoms with E-state index < -0.39 is 6.10 Å². The number of hydrogen-bond donors (Lipinski definition) is 3. The van der Waals surface area contributed by atoms with Crippen molar-refractivity contribution in [3.63, 3.8) is 0 Å². The second-order valence-electron chi connectivity index (χ2n) is 4.64. The van der Waals surface area contributed by atoms with Gasteiger partial charge in [-0.25, -0.2) is 4.39 Å². The molecular formula is C13H17FN2O2. The van der Waals surface area contributed by atoms with Crippen molar-refractivity contribution >= 4 is 5.91 Å². The molecule has 2 unspecified atom stereocenters. The Balaban J connectivity index is 1.95. The van der Waals surface area contributed by atoms with Crippen LogP contribution in [0.3, 0.4) is 0 Å². The highest BCUT2D eigenvalue weighted by Gasteiger charge is 2.28. The third kappa shape index (κ3) is 3.05. The minimum Gasteiger partial charge on any atom is -0.392 e. The van der Waals surface area contributed by atoms with Crippen LogP contribution in [0, 0.1) is 5.82 Å². The summed E-state index contributed by atoms with van der Waals surface area (Å²) in [5, 5.41) is 15.1. The first-order valence-corrected chi connectivity index (χ1v) is 6.03. The Bertz CT molecular complexity index is 439. The number of carbonyl (C=O) groups is 1. The molecule has 2 rings (SSSR count). The third-order valence-electron chi connectivity index (χ3n) is 3.13. The fourth-order valence-electron chi connectivity index (χ4n) is 2.09. The van der Waals surface area contributed by atoms with Crippen LogP contribution in [0.5, 0.6) is 0 Å². The lowest BCUT2D eigenvalue weighted by atomic mass is 10.1. The van der Waals surface area contributed by atoms with E-state index in [4.69, 9.17) is 0 Å². The fourth-order valence-corrected chi connectivity index (χ4v) is 2.09. The van der Waals surface area contributed by atoms with Gasteiger partial charge in [-0.3, -0.25) is 4.79 Å². The van der Waals surface area contributed by atoms with Gasteiger partial charge >= 0.3 is 0 Å². The molecule has 3 atom stereocenters. The van der Waals surface area contributed by atoms with E-state index in [1.165, 1.54) is 12.1 Å². The van der Waals surface area contributed by atoms with Gasteiger partial charge in [-0.1, -0.05) is 12.1 Å². The average Bonchev–Trinajstić information content (AvgIpc) is 2.76. The van der Waals surface area contributed by atoms with E-state index >= 15 is 0 Å². The smallest absolute Gasteiger partial charge is 0.237 e. The number of β-amino-alcohol motifs (C(OH)–C–C–N with tert-alkyl or cyclic N) is 1. The number of aliphatic hydroxyl groups is 1. The molecule has 1 saturated heterocycles. The number of nitrogens with one attached hydrogen (secondary N) is 2. The van der Waals surface area contributed by atoms with E-state index in [1.807, 2.05) is 0 Å². The van der Waals surface area contributed by atoms with Crippen LogP contribution in [-0.2, 0) is 4.79 Å². The third-order valence-corrected chi connectivity index (χ3v) is 3.13.